The van der Waals surface area contributed by atoms with Gasteiger partial charge in [0.1, 0.15) is 5.54 Å². The van der Waals surface area contributed by atoms with Crippen molar-refractivity contribution in [3.63, 3.8) is 0 Å². The number of ether oxygens (including phenoxy) is 1. The number of benzene rings is 1. The van der Waals surface area contributed by atoms with Gasteiger partial charge in [0.2, 0.25) is 5.89 Å². The van der Waals surface area contributed by atoms with Crippen LogP contribution >= 0.6 is 0 Å². The SMILES string of the molecule is O=C(CCN1C(=O)NC2(CCCC2)C1=O)OCc1ncc(-c2ccccc2)o1. The molecule has 28 heavy (non-hydrogen) atoms. The molecule has 2 aliphatic rings. The van der Waals surface area contributed by atoms with Crippen molar-refractivity contribution in [1.29, 1.82) is 0 Å². The van der Waals surface area contributed by atoms with E-state index < -0.39 is 17.5 Å². The van der Waals surface area contributed by atoms with E-state index >= 15 is 0 Å². The first kappa shape index (κ1) is 18.2. The van der Waals surface area contributed by atoms with Gasteiger partial charge in [-0.05, 0) is 12.8 Å². The van der Waals surface area contributed by atoms with E-state index in [1.54, 1.807) is 6.20 Å². The van der Waals surface area contributed by atoms with Gasteiger partial charge in [-0.1, -0.05) is 43.2 Å². The highest BCUT2D eigenvalue weighted by Crippen LogP contribution is 2.35. The average molecular weight is 383 g/mol. The fourth-order valence-corrected chi connectivity index (χ4v) is 3.73. The Bertz CT molecular complexity index is 886. The van der Waals surface area contributed by atoms with Crippen LogP contribution in [0.3, 0.4) is 0 Å². The summed E-state index contributed by atoms with van der Waals surface area (Å²) in [5.41, 5.74) is 0.124. The maximum absolute atomic E-state index is 12.5. The van der Waals surface area contributed by atoms with Crippen LogP contribution in [0.25, 0.3) is 11.3 Å². The molecular formula is C20H21N3O5. The van der Waals surface area contributed by atoms with E-state index in [1.165, 1.54) is 0 Å². The van der Waals surface area contributed by atoms with Crippen molar-refractivity contribution in [3.05, 3.63) is 42.4 Å². The summed E-state index contributed by atoms with van der Waals surface area (Å²) in [5.74, 6) is 0.121. The van der Waals surface area contributed by atoms with Crippen molar-refractivity contribution in [2.75, 3.05) is 6.54 Å². The van der Waals surface area contributed by atoms with Crippen LogP contribution in [0, 0.1) is 0 Å². The van der Waals surface area contributed by atoms with E-state index in [-0.39, 0.29) is 31.4 Å². The van der Waals surface area contributed by atoms with Gasteiger partial charge in [0.15, 0.2) is 12.4 Å². The van der Waals surface area contributed by atoms with Gasteiger partial charge in [-0.2, -0.15) is 0 Å². The molecule has 0 radical (unpaired) electrons. The topological polar surface area (TPSA) is 102 Å². The summed E-state index contributed by atoms with van der Waals surface area (Å²) in [4.78, 5) is 41.9. The second kappa shape index (κ2) is 7.46. The quantitative estimate of drug-likeness (QED) is 0.608. The smallest absolute Gasteiger partial charge is 0.325 e. The molecule has 8 nitrogen and oxygen atoms in total. The molecule has 2 fully saturated rings. The number of rotatable bonds is 6. The molecule has 2 aromatic rings. The number of carbonyl (C=O) groups excluding carboxylic acids is 3. The lowest BCUT2D eigenvalue weighted by atomic mass is 9.98. The summed E-state index contributed by atoms with van der Waals surface area (Å²) >= 11 is 0. The molecule has 146 valence electrons. The van der Waals surface area contributed by atoms with Crippen molar-refractivity contribution in [3.8, 4) is 11.3 Å². The predicted molar refractivity (Wildman–Crippen MR) is 97.8 cm³/mol. The van der Waals surface area contributed by atoms with E-state index in [2.05, 4.69) is 10.3 Å². The monoisotopic (exact) mass is 383 g/mol. The lowest BCUT2D eigenvalue weighted by Crippen LogP contribution is -2.44. The van der Waals surface area contributed by atoms with Gasteiger partial charge in [0.25, 0.3) is 5.91 Å². The summed E-state index contributed by atoms with van der Waals surface area (Å²) in [7, 11) is 0. The Morgan fingerprint density at radius 1 is 1.21 bits per heavy atom. The number of imide groups is 1. The average Bonchev–Trinajstić information content (AvgIpc) is 3.41. The highest BCUT2D eigenvalue weighted by molar-refractivity contribution is 6.07. The molecule has 1 spiro atoms. The Hall–Kier alpha value is -3.16. The number of aromatic nitrogens is 1. The molecular weight excluding hydrogens is 362 g/mol. The van der Waals surface area contributed by atoms with Gasteiger partial charge in [-0.25, -0.2) is 9.78 Å². The van der Waals surface area contributed by atoms with Crippen LogP contribution < -0.4 is 5.32 Å². The van der Waals surface area contributed by atoms with Crippen molar-refractivity contribution < 1.29 is 23.5 Å². The third-order valence-electron chi connectivity index (χ3n) is 5.21. The first-order valence-corrected chi connectivity index (χ1v) is 9.37. The minimum absolute atomic E-state index is 0.00605. The minimum Gasteiger partial charge on any atom is -0.456 e. The van der Waals surface area contributed by atoms with E-state index in [9.17, 15) is 14.4 Å². The summed E-state index contributed by atoms with van der Waals surface area (Å²) < 4.78 is 10.7. The lowest BCUT2D eigenvalue weighted by molar-refractivity contribution is -0.146. The summed E-state index contributed by atoms with van der Waals surface area (Å²) in [6, 6.07) is 9.05. The summed E-state index contributed by atoms with van der Waals surface area (Å²) in [5, 5.41) is 2.79. The van der Waals surface area contributed by atoms with Crippen LogP contribution in [0.15, 0.2) is 40.9 Å². The molecule has 3 amide bonds. The normalized spacial score (nSPS) is 17.9. The van der Waals surface area contributed by atoms with Crippen LogP contribution in [0.2, 0.25) is 0 Å². The highest BCUT2D eigenvalue weighted by atomic mass is 16.5. The number of oxazole rings is 1. The Balaban J connectivity index is 1.27. The number of nitrogens with zero attached hydrogens (tertiary/aromatic N) is 2. The molecule has 4 rings (SSSR count). The molecule has 0 unspecified atom stereocenters. The second-order valence-corrected chi connectivity index (χ2v) is 7.07. The standard InChI is InChI=1S/C20H21N3O5/c24-17(8-11-23-18(25)20(22-19(23)26)9-4-5-10-20)27-13-16-21-12-15(28-16)14-6-2-1-3-7-14/h1-3,6-7,12H,4-5,8-11,13H2,(H,22,26). The number of carbonyl (C=O) groups is 3. The number of urea groups is 1. The maximum atomic E-state index is 12.5. The van der Waals surface area contributed by atoms with Crippen molar-refractivity contribution >= 4 is 17.9 Å². The number of hydrogen-bond donors (Lipinski definition) is 1. The predicted octanol–water partition coefficient (Wildman–Crippen LogP) is 2.64. The molecule has 1 saturated carbocycles. The zero-order valence-electron chi connectivity index (χ0n) is 15.3. The number of nitrogens with one attached hydrogen (secondary N) is 1. The Labute approximate surface area is 161 Å². The van der Waals surface area contributed by atoms with Crippen molar-refractivity contribution in [1.82, 2.24) is 15.2 Å². The first-order chi connectivity index (χ1) is 13.6. The fourth-order valence-electron chi connectivity index (χ4n) is 3.73. The second-order valence-electron chi connectivity index (χ2n) is 7.07. The van der Waals surface area contributed by atoms with Crippen LogP contribution in [-0.4, -0.2) is 39.9 Å². The summed E-state index contributed by atoms with van der Waals surface area (Å²) in [6.07, 6.45) is 4.67. The molecule has 1 aromatic carbocycles. The fraction of sp³-hybridized carbons (Fsp3) is 0.400. The molecule has 1 saturated heterocycles. The van der Waals surface area contributed by atoms with Gasteiger partial charge in [0.05, 0.1) is 12.6 Å². The largest absolute Gasteiger partial charge is 0.456 e. The minimum atomic E-state index is -0.757. The van der Waals surface area contributed by atoms with Gasteiger partial charge in [-0.3, -0.25) is 14.5 Å². The number of hydrogen-bond acceptors (Lipinski definition) is 6. The van der Waals surface area contributed by atoms with Gasteiger partial charge >= 0.3 is 12.0 Å². The highest BCUT2D eigenvalue weighted by Gasteiger charge is 2.52. The molecule has 8 heteroatoms. The van der Waals surface area contributed by atoms with E-state index in [1.807, 2.05) is 30.3 Å². The Morgan fingerprint density at radius 2 is 1.96 bits per heavy atom. The van der Waals surface area contributed by atoms with Crippen LogP contribution in [0.4, 0.5) is 4.79 Å². The molecule has 1 aromatic heterocycles. The van der Waals surface area contributed by atoms with E-state index in [4.69, 9.17) is 9.15 Å². The van der Waals surface area contributed by atoms with Crippen molar-refractivity contribution in [2.45, 2.75) is 44.2 Å². The summed E-state index contributed by atoms with van der Waals surface area (Å²) in [6.45, 7) is -0.0954. The molecule has 1 N–H and O–H groups in total. The van der Waals surface area contributed by atoms with Crippen LogP contribution in [0.1, 0.15) is 38.0 Å². The Kier molecular flexibility index (Phi) is 4.85. The van der Waals surface area contributed by atoms with Crippen LogP contribution in [-0.2, 0) is 20.9 Å². The zero-order chi connectivity index (χ0) is 19.6. The molecule has 0 bridgehead atoms. The molecule has 1 aliphatic carbocycles. The molecule has 0 atom stereocenters. The van der Waals surface area contributed by atoms with Gasteiger partial charge < -0.3 is 14.5 Å². The van der Waals surface area contributed by atoms with Crippen molar-refractivity contribution in [2.24, 2.45) is 0 Å². The lowest BCUT2D eigenvalue weighted by Gasteiger charge is -2.19. The molecule has 1 aliphatic heterocycles. The first-order valence-electron chi connectivity index (χ1n) is 9.37. The molecule has 2 heterocycles. The van der Waals surface area contributed by atoms with Gasteiger partial charge in [0, 0.05) is 12.1 Å². The van der Waals surface area contributed by atoms with Crippen LogP contribution in [0.5, 0.6) is 0 Å². The van der Waals surface area contributed by atoms with Gasteiger partial charge in [-0.15, -0.1) is 0 Å². The third kappa shape index (κ3) is 3.49. The Morgan fingerprint density at radius 3 is 2.71 bits per heavy atom. The zero-order valence-corrected chi connectivity index (χ0v) is 15.3. The number of amides is 3. The van der Waals surface area contributed by atoms with E-state index in [0.29, 0.717) is 18.6 Å². The number of esters is 1. The van der Waals surface area contributed by atoms with E-state index in [0.717, 1.165) is 23.3 Å². The maximum Gasteiger partial charge on any atom is 0.325 e. The third-order valence-corrected chi connectivity index (χ3v) is 5.21.